The van der Waals surface area contributed by atoms with E-state index in [-0.39, 0.29) is 23.5 Å². The van der Waals surface area contributed by atoms with E-state index < -0.39 is 0 Å². The maximum Gasteiger partial charge on any atom is 0.317 e. The first kappa shape index (κ1) is 23.8. The molecule has 2 heterocycles. The maximum absolute atomic E-state index is 13.0. The van der Waals surface area contributed by atoms with Crippen LogP contribution in [0.15, 0.2) is 24.5 Å². The molecule has 1 fully saturated rings. The lowest BCUT2D eigenvalue weighted by atomic mass is 9.78. The lowest BCUT2D eigenvalue weighted by molar-refractivity contribution is 0.0446. The summed E-state index contributed by atoms with van der Waals surface area (Å²) >= 11 is 13.2. The number of nitrogens with zero attached hydrogens (tertiary/aromatic N) is 4. The minimum atomic E-state index is -0.300. The van der Waals surface area contributed by atoms with Crippen molar-refractivity contribution in [1.82, 2.24) is 25.1 Å². The van der Waals surface area contributed by atoms with Crippen LogP contribution in [-0.2, 0) is 0 Å². The van der Waals surface area contributed by atoms with E-state index in [0.29, 0.717) is 15.7 Å². The number of rotatable bonds is 4. The third-order valence-electron chi connectivity index (χ3n) is 6.21. The Hall–Kier alpha value is -1.89. The van der Waals surface area contributed by atoms with Gasteiger partial charge >= 0.3 is 6.03 Å². The van der Waals surface area contributed by atoms with Gasteiger partial charge in [0.2, 0.25) is 0 Å². The van der Waals surface area contributed by atoms with Crippen LogP contribution in [0.1, 0.15) is 44.5 Å². The Morgan fingerprint density at radius 3 is 2.58 bits per heavy atom. The average molecular weight is 464 g/mol. The van der Waals surface area contributed by atoms with E-state index in [0.717, 1.165) is 36.3 Å². The fraction of sp³-hybridized carbons (Fsp3) is 0.522. The highest BCUT2D eigenvalue weighted by Crippen LogP contribution is 2.38. The Morgan fingerprint density at radius 2 is 1.94 bits per heavy atom. The summed E-state index contributed by atoms with van der Waals surface area (Å²) in [7, 11) is 3.99. The fourth-order valence-electron chi connectivity index (χ4n) is 4.59. The average Bonchev–Trinajstić information content (AvgIpc) is 2.69. The number of carbonyl (C=O) groups is 1. The highest BCUT2D eigenvalue weighted by atomic mass is 35.5. The summed E-state index contributed by atoms with van der Waals surface area (Å²) in [6.45, 7) is 10.1. The van der Waals surface area contributed by atoms with Gasteiger partial charge in [-0.2, -0.15) is 0 Å². The smallest absolute Gasteiger partial charge is 0.317 e. The van der Waals surface area contributed by atoms with Gasteiger partial charge in [0, 0.05) is 37.6 Å². The standard InChI is InChI=1S/C23H31Cl2N5O/c1-14(28-22(31)30(6)18-9-12-29(5)13-23(18,3)4)16-7-8-17(20(25)19(16)24)21-15(2)26-10-11-27-21/h7-8,10-11,14,18H,9,12-13H2,1-6H3,(H,28,31). The number of urea groups is 1. The molecule has 0 spiro atoms. The van der Waals surface area contributed by atoms with Crippen molar-refractivity contribution in [3.05, 3.63) is 45.8 Å². The summed E-state index contributed by atoms with van der Waals surface area (Å²) in [5, 5.41) is 3.91. The molecule has 1 aliphatic heterocycles. The van der Waals surface area contributed by atoms with Crippen molar-refractivity contribution in [2.24, 2.45) is 5.41 Å². The van der Waals surface area contributed by atoms with Gasteiger partial charge in [0.15, 0.2) is 0 Å². The molecule has 31 heavy (non-hydrogen) atoms. The lowest BCUT2D eigenvalue weighted by Crippen LogP contribution is -2.57. The van der Waals surface area contributed by atoms with Crippen LogP contribution in [0.25, 0.3) is 11.3 Å². The van der Waals surface area contributed by atoms with Crippen molar-refractivity contribution in [1.29, 1.82) is 0 Å². The molecule has 2 unspecified atom stereocenters. The van der Waals surface area contributed by atoms with Gasteiger partial charge in [-0.1, -0.05) is 49.2 Å². The van der Waals surface area contributed by atoms with Gasteiger partial charge in [-0.25, -0.2) is 4.79 Å². The monoisotopic (exact) mass is 463 g/mol. The molecule has 2 aromatic rings. The predicted octanol–water partition coefficient (Wildman–Crippen LogP) is 5.19. The molecule has 1 saturated heterocycles. The van der Waals surface area contributed by atoms with Crippen LogP contribution in [0.2, 0.25) is 10.0 Å². The third-order valence-corrected chi connectivity index (χ3v) is 7.10. The number of hydrogen-bond donors (Lipinski definition) is 1. The molecule has 3 rings (SSSR count). The first-order valence-corrected chi connectivity index (χ1v) is 11.3. The topological polar surface area (TPSA) is 61.4 Å². The number of halogens is 2. The summed E-state index contributed by atoms with van der Waals surface area (Å²) in [5.74, 6) is 0. The van der Waals surface area contributed by atoms with E-state index in [2.05, 4.69) is 41.1 Å². The quantitative estimate of drug-likeness (QED) is 0.677. The molecule has 1 aliphatic rings. The molecular weight excluding hydrogens is 433 g/mol. The van der Waals surface area contributed by atoms with Gasteiger partial charge in [-0.3, -0.25) is 9.97 Å². The summed E-state index contributed by atoms with van der Waals surface area (Å²) in [6, 6.07) is 3.52. The zero-order valence-corrected chi connectivity index (χ0v) is 20.6. The van der Waals surface area contributed by atoms with Gasteiger partial charge in [0.05, 0.1) is 27.5 Å². The Bertz CT molecular complexity index is 965. The van der Waals surface area contributed by atoms with E-state index >= 15 is 0 Å². The summed E-state index contributed by atoms with van der Waals surface area (Å²) in [4.78, 5) is 25.8. The Balaban J connectivity index is 1.77. The number of aromatic nitrogens is 2. The van der Waals surface area contributed by atoms with Gasteiger partial charge in [0.25, 0.3) is 0 Å². The maximum atomic E-state index is 13.0. The molecule has 1 aromatic heterocycles. The number of benzene rings is 1. The fourth-order valence-corrected chi connectivity index (χ4v) is 5.18. The van der Waals surface area contributed by atoms with Gasteiger partial charge in [-0.05, 0) is 44.8 Å². The van der Waals surface area contributed by atoms with Crippen LogP contribution < -0.4 is 5.32 Å². The van der Waals surface area contributed by atoms with Crippen molar-refractivity contribution in [3.63, 3.8) is 0 Å². The van der Waals surface area contributed by atoms with Crippen molar-refractivity contribution in [2.75, 3.05) is 27.2 Å². The third kappa shape index (κ3) is 4.97. The molecule has 6 nitrogen and oxygen atoms in total. The molecule has 168 valence electrons. The highest BCUT2D eigenvalue weighted by molar-refractivity contribution is 6.44. The van der Waals surface area contributed by atoms with E-state index in [1.165, 1.54) is 0 Å². The number of hydrogen-bond acceptors (Lipinski definition) is 4. The Kier molecular flexibility index (Phi) is 7.14. The second-order valence-electron chi connectivity index (χ2n) is 9.13. The normalized spacial score (nSPS) is 19.7. The molecule has 8 heteroatoms. The molecular formula is C23H31Cl2N5O. The van der Waals surface area contributed by atoms with Crippen LogP contribution >= 0.6 is 23.2 Å². The zero-order chi connectivity index (χ0) is 22.9. The molecule has 2 amide bonds. The molecule has 2 atom stereocenters. The van der Waals surface area contributed by atoms with E-state index in [1.54, 1.807) is 12.4 Å². The summed E-state index contributed by atoms with van der Waals surface area (Å²) in [6.07, 6.45) is 4.21. The van der Waals surface area contributed by atoms with E-state index in [9.17, 15) is 4.79 Å². The summed E-state index contributed by atoms with van der Waals surface area (Å²) in [5.41, 5.74) is 2.98. The van der Waals surface area contributed by atoms with Crippen molar-refractivity contribution in [2.45, 2.75) is 46.2 Å². The van der Waals surface area contributed by atoms with Crippen LogP contribution in [-0.4, -0.2) is 59.0 Å². The van der Waals surface area contributed by atoms with Crippen LogP contribution in [0.4, 0.5) is 4.79 Å². The minimum Gasteiger partial charge on any atom is -0.331 e. The zero-order valence-electron chi connectivity index (χ0n) is 19.0. The molecule has 0 radical (unpaired) electrons. The summed E-state index contributed by atoms with van der Waals surface area (Å²) < 4.78 is 0. The van der Waals surface area contributed by atoms with Crippen molar-refractivity contribution >= 4 is 29.2 Å². The first-order valence-electron chi connectivity index (χ1n) is 10.5. The van der Waals surface area contributed by atoms with Crippen LogP contribution in [0.3, 0.4) is 0 Å². The molecule has 0 saturated carbocycles. The Labute approximate surface area is 195 Å². The van der Waals surface area contributed by atoms with E-state index in [1.807, 2.05) is 37.9 Å². The molecule has 1 aromatic carbocycles. The largest absolute Gasteiger partial charge is 0.331 e. The number of amides is 2. The number of piperidine rings is 1. The number of nitrogens with one attached hydrogen (secondary N) is 1. The van der Waals surface area contributed by atoms with Gasteiger partial charge in [0.1, 0.15) is 0 Å². The molecule has 1 N–H and O–H groups in total. The van der Waals surface area contributed by atoms with Crippen LogP contribution in [0.5, 0.6) is 0 Å². The predicted molar refractivity (Wildman–Crippen MR) is 127 cm³/mol. The van der Waals surface area contributed by atoms with Crippen molar-refractivity contribution in [3.8, 4) is 11.3 Å². The SMILES string of the molecule is Cc1nccnc1-c1ccc(C(C)NC(=O)N(C)C2CCN(C)CC2(C)C)c(Cl)c1Cl. The minimum absolute atomic E-state index is 0.0134. The lowest BCUT2D eigenvalue weighted by Gasteiger charge is -2.47. The molecule has 0 aliphatic carbocycles. The number of aryl methyl sites for hydroxylation is 1. The first-order chi connectivity index (χ1) is 14.5. The van der Waals surface area contributed by atoms with Gasteiger partial charge in [-0.15, -0.1) is 0 Å². The second-order valence-corrected chi connectivity index (χ2v) is 9.89. The van der Waals surface area contributed by atoms with E-state index in [4.69, 9.17) is 23.2 Å². The molecule has 0 bridgehead atoms. The van der Waals surface area contributed by atoms with Crippen molar-refractivity contribution < 1.29 is 4.79 Å². The van der Waals surface area contributed by atoms with Crippen LogP contribution in [0, 0.1) is 12.3 Å². The number of carbonyl (C=O) groups excluding carboxylic acids is 1. The Morgan fingerprint density at radius 1 is 1.26 bits per heavy atom. The van der Waals surface area contributed by atoms with Gasteiger partial charge < -0.3 is 15.1 Å². The highest BCUT2D eigenvalue weighted by Gasteiger charge is 2.39. The number of likely N-dealkylation sites (tertiary alicyclic amines) is 1. The second kappa shape index (κ2) is 9.31.